The number of anilines is 1. The molecule has 1 aliphatic heterocycles. The number of carbonyl (C=O) groups excluding carboxylic acids is 1. The van der Waals surface area contributed by atoms with Crippen molar-refractivity contribution in [2.24, 2.45) is 11.1 Å². The van der Waals surface area contributed by atoms with Gasteiger partial charge in [0.05, 0.1) is 23.1 Å². The van der Waals surface area contributed by atoms with E-state index in [2.05, 4.69) is 26.7 Å². The van der Waals surface area contributed by atoms with Crippen molar-refractivity contribution in [3.05, 3.63) is 73.8 Å². The van der Waals surface area contributed by atoms with Gasteiger partial charge in [-0.1, -0.05) is 17.7 Å². The molecule has 1 aliphatic carbocycles. The lowest BCUT2D eigenvalue weighted by Crippen LogP contribution is -2.30. The maximum atomic E-state index is 13.6. The number of carbonyl (C=O) groups is 1. The molecule has 2 aliphatic rings. The quantitative estimate of drug-likeness (QED) is 0.354. The fraction of sp³-hybridized carbons (Fsp3) is 0.400. The van der Waals surface area contributed by atoms with Gasteiger partial charge in [-0.2, -0.15) is 8.42 Å². The highest BCUT2D eigenvalue weighted by molar-refractivity contribution is 7.84. The van der Waals surface area contributed by atoms with E-state index in [1.54, 1.807) is 0 Å². The van der Waals surface area contributed by atoms with Crippen molar-refractivity contribution in [2.75, 3.05) is 18.5 Å². The van der Waals surface area contributed by atoms with Gasteiger partial charge in [-0.05, 0) is 73.4 Å². The summed E-state index contributed by atoms with van der Waals surface area (Å²) in [6.07, 6.45) is 6.16. The van der Waals surface area contributed by atoms with Gasteiger partial charge in [0.15, 0.2) is 0 Å². The third kappa shape index (κ3) is 6.02. The molecule has 0 amide bonds. The molecule has 12 heteroatoms. The SMILES string of the molecule is Cc1sc(C(=O)c2cncnc2NC2CCC(COS(N)(=O)=O)C2)cc1C1NCCc2ccc(Cl)cc21. The number of halogens is 1. The maximum Gasteiger partial charge on any atom is 0.333 e. The average molecular weight is 562 g/mol. The lowest BCUT2D eigenvalue weighted by molar-refractivity contribution is 0.104. The van der Waals surface area contributed by atoms with Gasteiger partial charge in [0.25, 0.3) is 0 Å². The van der Waals surface area contributed by atoms with Crippen LogP contribution in [-0.4, -0.2) is 43.4 Å². The Balaban J connectivity index is 1.34. The Morgan fingerprint density at radius 3 is 2.95 bits per heavy atom. The summed E-state index contributed by atoms with van der Waals surface area (Å²) in [6, 6.07) is 7.96. The number of nitrogens with one attached hydrogen (secondary N) is 2. The van der Waals surface area contributed by atoms with Crippen LogP contribution >= 0.6 is 22.9 Å². The van der Waals surface area contributed by atoms with Crippen LogP contribution in [0.2, 0.25) is 5.02 Å². The lowest BCUT2D eigenvalue weighted by atomic mass is 9.90. The molecule has 0 spiro atoms. The molecule has 0 radical (unpaired) electrons. The van der Waals surface area contributed by atoms with Gasteiger partial charge in [0, 0.05) is 28.7 Å². The standard InChI is InChI=1S/C25H28ClN5O4S2/c1-14-19(23-20-9-17(26)4-3-16(20)6-7-29-23)10-22(36-14)24(32)21-11-28-13-30-25(21)31-18-5-2-15(8-18)12-35-37(27,33)34/h3-4,9-11,13,15,18,23,29H,2,5-8,12H2,1H3,(H2,27,33,34)(H,28,30,31). The Labute approximate surface area is 225 Å². The summed E-state index contributed by atoms with van der Waals surface area (Å²) >= 11 is 7.76. The van der Waals surface area contributed by atoms with Gasteiger partial charge in [0.2, 0.25) is 5.78 Å². The molecule has 3 heterocycles. The molecule has 0 bridgehead atoms. The number of thiophene rings is 1. The van der Waals surface area contributed by atoms with Crippen molar-refractivity contribution in [2.45, 2.75) is 44.7 Å². The highest BCUT2D eigenvalue weighted by Crippen LogP contribution is 2.37. The molecule has 3 aromatic rings. The lowest BCUT2D eigenvalue weighted by Gasteiger charge is -2.27. The number of nitrogens with two attached hydrogens (primary N) is 1. The van der Waals surface area contributed by atoms with E-state index in [4.69, 9.17) is 20.9 Å². The van der Waals surface area contributed by atoms with Crippen LogP contribution in [-0.2, 0) is 20.9 Å². The zero-order valence-electron chi connectivity index (χ0n) is 20.2. The van der Waals surface area contributed by atoms with E-state index < -0.39 is 10.3 Å². The molecule has 4 N–H and O–H groups in total. The first-order valence-corrected chi connectivity index (χ1v) is 14.7. The summed E-state index contributed by atoms with van der Waals surface area (Å²) < 4.78 is 26.9. The van der Waals surface area contributed by atoms with Crippen molar-refractivity contribution >= 4 is 44.8 Å². The van der Waals surface area contributed by atoms with Crippen molar-refractivity contribution in [1.82, 2.24) is 15.3 Å². The highest BCUT2D eigenvalue weighted by Gasteiger charge is 2.29. The number of rotatable bonds is 8. The van der Waals surface area contributed by atoms with Crippen LogP contribution in [0.4, 0.5) is 5.82 Å². The first-order valence-electron chi connectivity index (χ1n) is 12.1. The minimum Gasteiger partial charge on any atom is -0.367 e. The Morgan fingerprint density at radius 1 is 1.30 bits per heavy atom. The molecule has 3 unspecified atom stereocenters. The Morgan fingerprint density at radius 2 is 2.14 bits per heavy atom. The largest absolute Gasteiger partial charge is 0.367 e. The van der Waals surface area contributed by atoms with Crippen LogP contribution in [0.15, 0.2) is 36.8 Å². The summed E-state index contributed by atoms with van der Waals surface area (Å²) in [5, 5.41) is 12.6. The van der Waals surface area contributed by atoms with Crippen LogP contribution in [0.1, 0.15) is 62.1 Å². The maximum absolute atomic E-state index is 13.6. The van der Waals surface area contributed by atoms with Crippen LogP contribution in [0, 0.1) is 12.8 Å². The summed E-state index contributed by atoms with van der Waals surface area (Å²) in [4.78, 5) is 23.7. The molecule has 37 heavy (non-hydrogen) atoms. The molecule has 196 valence electrons. The molecule has 5 rings (SSSR count). The van der Waals surface area contributed by atoms with Gasteiger partial charge in [-0.15, -0.1) is 11.3 Å². The monoisotopic (exact) mass is 561 g/mol. The minimum absolute atomic E-state index is 0.0279. The fourth-order valence-corrected chi connectivity index (χ4v) is 6.76. The molecule has 1 fully saturated rings. The van der Waals surface area contributed by atoms with Crippen LogP contribution in [0.3, 0.4) is 0 Å². The van der Waals surface area contributed by atoms with E-state index in [1.807, 2.05) is 25.1 Å². The highest BCUT2D eigenvalue weighted by atomic mass is 35.5. The Kier molecular flexibility index (Phi) is 7.62. The Hall–Kier alpha value is -2.41. The third-order valence-corrected chi connectivity index (χ3v) is 8.72. The molecular weight excluding hydrogens is 534 g/mol. The number of fused-ring (bicyclic) bond motifs is 1. The number of hydrogen-bond acceptors (Lipinski definition) is 9. The third-order valence-electron chi connectivity index (χ3n) is 6.96. The van der Waals surface area contributed by atoms with E-state index in [0.717, 1.165) is 41.8 Å². The zero-order chi connectivity index (χ0) is 26.2. The minimum atomic E-state index is -3.96. The summed E-state index contributed by atoms with van der Waals surface area (Å²) in [7, 11) is -3.96. The molecule has 1 saturated carbocycles. The van der Waals surface area contributed by atoms with Gasteiger partial charge >= 0.3 is 10.3 Å². The smallest absolute Gasteiger partial charge is 0.333 e. The first-order chi connectivity index (χ1) is 17.7. The van der Waals surface area contributed by atoms with Gasteiger partial charge < -0.3 is 10.6 Å². The van der Waals surface area contributed by atoms with Crippen LogP contribution < -0.4 is 15.8 Å². The van der Waals surface area contributed by atoms with Crippen molar-refractivity contribution < 1.29 is 17.4 Å². The zero-order valence-corrected chi connectivity index (χ0v) is 22.6. The van der Waals surface area contributed by atoms with E-state index >= 15 is 0 Å². The molecule has 9 nitrogen and oxygen atoms in total. The number of aryl methyl sites for hydroxylation is 1. The fourth-order valence-electron chi connectivity index (χ4n) is 5.18. The van der Waals surface area contributed by atoms with Crippen molar-refractivity contribution in [1.29, 1.82) is 0 Å². The first kappa shape index (κ1) is 26.2. The second-order valence-electron chi connectivity index (χ2n) is 9.51. The number of benzene rings is 1. The van der Waals surface area contributed by atoms with E-state index in [-0.39, 0.29) is 30.4 Å². The number of ketones is 1. The molecule has 1 aromatic carbocycles. The summed E-state index contributed by atoms with van der Waals surface area (Å²) in [6.45, 7) is 2.93. The van der Waals surface area contributed by atoms with Gasteiger partial charge in [-0.25, -0.2) is 15.1 Å². The number of hydrogen-bond donors (Lipinski definition) is 3. The summed E-state index contributed by atoms with van der Waals surface area (Å²) in [5.41, 5.74) is 3.88. The molecule has 3 atom stereocenters. The normalized spacial score (nSPS) is 21.5. The number of aromatic nitrogens is 2. The van der Waals surface area contributed by atoms with Gasteiger partial charge in [0.1, 0.15) is 12.1 Å². The molecule has 0 saturated heterocycles. The number of nitrogens with zero attached hydrogens (tertiary/aromatic N) is 2. The van der Waals surface area contributed by atoms with E-state index in [1.165, 1.54) is 29.4 Å². The van der Waals surface area contributed by atoms with Crippen LogP contribution in [0.5, 0.6) is 0 Å². The van der Waals surface area contributed by atoms with Crippen LogP contribution in [0.25, 0.3) is 0 Å². The van der Waals surface area contributed by atoms with E-state index in [0.29, 0.717) is 27.7 Å². The predicted octanol–water partition coefficient (Wildman–Crippen LogP) is 3.77. The molecule has 2 aromatic heterocycles. The topological polar surface area (TPSA) is 136 Å². The van der Waals surface area contributed by atoms with Crippen molar-refractivity contribution in [3.8, 4) is 0 Å². The van der Waals surface area contributed by atoms with Crippen molar-refractivity contribution in [3.63, 3.8) is 0 Å². The predicted molar refractivity (Wildman–Crippen MR) is 143 cm³/mol. The molecular formula is C25H28ClN5O4S2. The van der Waals surface area contributed by atoms with E-state index in [9.17, 15) is 13.2 Å². The second kappa shape index (κ2) is 10.8. The Bertz CT molecular complexity index is 1430. The average Bonchev–Trinajstić information content (AvgIpc) is 3.48. The second-order valence-corrected chi connectivity index (χ2v) is 12.4. The van der Waals surface area contributed by atoms with Gasteiger partial charge in [-0.3, -0.25) is 8.98 Å². The summed E-state index contributed by atoms with van der Waals surface area (Å²) in [5.74, 6) is 0.383.